The van der Waals surface area contributed by atoms with Crippen molar-refractivity contribution in [2.24, 2.45) is 0 Å². The Morgan fingerprint density at radius 2 is 1.61 bits per heavy atom. The van der Waals surface area contributed by atoms with Gasteiger partial charge in [-0.05, 0) is 36.4 Å². The Bertz CT molecular complexity index is 1460. The molecule has 1 heterocycles. The molecule has 190 valence electrons. The number of methoxy groups -OCH3 is 2. The molecule has 0 saturated heterocycles. The summed E-state index contributed by atoms with van der Waals surface area (Å²) in [4.78, 5) is 10.8. The molecule has 36 heavy (non-hydrogen) atoms. The minimum atomic E-state index is -5.23. The van der Waals surface area contributed by atoms with E-state index in [0.717, 1.165) is 18.2 Å². The monoisotopic (exact) mass is 561 g/mol. The van der Waals surface area contributed by atoms with Crippen molar-refractivity contribution >= 4 is 44.8 Å². The second kappa shape index (κ2) is 9.06. The SMILES string of the molecule is COc1ccc(S(=O)(=O)N2C(=O)C(Cl)(c3ccccc3OC)c3cc(Cl)ccc32)c(OC(F)(F)F)c1. The molecule has 3 aromatic carbocycles. The minimum Gasteiger partial charge on any atom is -0.497 e. The molecule has 1 aliphatic heterocycles. The molecule has 0 spiro atoms. The highest BCUT2D eigenvalue weighted by Gasteiger charge is 2.57. The zero-order valence-electron chi connectivity index (χ0n) is 18.5. The third kappa shape index (κ3) is 4.21. The Morgan fingerprint density at radius 3 is 2.25 bits per heavy atom. The number of benzene rings is 3. The molecule has 3 aromatic rings. The van der Waals surface area contributed by atoms with E-state index in [-0.39, 0.29) is 33.3 Å². The van der Waals surface area contributed by atoms with Crippen LogP contribution in [0, 0.1) is 0 Å². The third-order valence-electron chi connectivity index (χ3n) is 5.40. The standard InChI is InChI=1S/C23H16Cl2F3NO6S/c1-33-14-8-10-20(19(12-14)35-23(26,27)28)36(31,32)29-17-9-7-13(24)11-16(17)22(25,21(29)30)15-5-3-4-6-18(15)34-2/h3-12H,1-2H3. The quantitative estimate of drug-likeness (QED) is 0.371. The Balaban J connectivity index is 1.97. The second-order valence-corrected chi connectivity index (χ2v) is 10.2. The fraction of sp³-hybridized carbons (Fsp3) is 0.174. The zero-order valence-corrected chi connectivity index (χ0v) is 20.8. The van der Waals surface area contributed by atoms with Crippen LogP contribution in [0.4, 0.5) is 18.9 Å². The van der Waals surface area contributed by atoms with Crippen LogP contribution < -0.4 is 18.5 Å². The molecular formula is C23H16Cl2F3NO6S. The maximum atomic E-state index is 13.8. The number of sulfonamides is 1. The highest BCUT2D eigenvalue weighted by Crippen LogP contribution is 2.54. The summed E-state index contributed by atoms with van der Waals surface area (Å²) < 4.78 is 81.4. The first-order valence-electron chi connectivity index (χ1n) is 10.0. The number of fused-ring (bicyclic) bond motifs is 1. The van der Waals surface area contributed by atoms with Crippen LogP contribution in [0.25, 0.3) is 0 Å². The summed E-state index contributed by atoms with van der Waals surface area (Å²) in [6, 6.07) is 12.8. The first-order valence-corrected chi connectivity index (χ1v) is 12.2. The van der Waals surface area contributed by atoms with E-state index >= 15 is 0 Å². The number of amides is 1. The lowest BCUT2D eigenvalue weighted by molar-refractivity contribution is -0.275. The molecule has 4 rings (SSSR count). The van der Waals surface area contributed by atoms with Crippen LogP contribution in [-0.4, -0.2) is 34.9 Å². The molecule has 0 N–H and O–H groups in total. The number of hydrogen-bond acceptors (Lipinski definition) is 6. The fourth-order valence-electron chi connectivity index (χ4n) is 3.89. The molecule has 7 nitrogen and oxygen atoms in total. The largest absolute Gasteiger partial charge is 0.573 e. The molecule has 1 unspecified atom stereocenters. The molecule has 1 amide bonds. The first-order chi connectivity index (χ1) is 16.8. The second-order valence-electron chi connectivity index (χ2n) is 7.46. The average Bonchev–Trinajstić information content (AvgIpc) is 3.05. The van der Waals surface area contributed by atoms with Gasteiger partial charge in [0, 0.05) is 22.2 Å². The van der Waals surface area contributed by atoms with Gasteiger partial charge in [-0.2, -0.15) is 0 Å². The smallest absolute Gasteiger partial charge is 0.497 e. The predicted octanol–water partition coefficient (Wildman–Crippen LogP) is 5.47. The van der Waals surface area contributed by atoms with Crippen LogP contribution in [0.15, 0.2) is 65.6 Å². The molecular weight excluding hydrogens is 546 g/mol. The van der Waals surface area contributed by atoms with Gasteiger partial charge in [-0.1, -0.05) is 41.4 Å². The molecule has 0 bridgehead atoms. The van der Waals surface area contributed by atoms with Gasteiger partial charge in [-0.3, -0.25) is 4.79 Å². The van der Waals surface area contributed by atoms with Crippen molar-refractivity contribution in [3.8, 4) is 17.2 Å². The van der Waals surface area contributed by atoms with Crippen LogP contribution in [0.5, 0.6) is 17.2 Å². The number of anilines is 1. The van der Waals surface area contributed by atoms with Crippen molar-refractivity contribution in [3.63, 3.8) is 0 Å². The Morgan fingerprint density at radius 1 is 0.917 bits per heavy atom. The van der Waals surface area contributed by atoms with E-state index < -0.39 is 37.8 Å². The van der Waals surface area contributed by atoms with Crippen molar-refractivity contribution in [2.75, 3.05) is 18.5 Å². The van der Waals surface area contributed by atoms with Gasteiger partial charge in [0.1, 0.15) is 16.4 Å². The van der Waals surface area contributed by atoms with Crippen molar-refractivity contribution in [2.45, 2.75) is 16.1 Å². The highest BCUT2D eigenvalue weighted by molar-refractivity contribution is 7.93. The van der Waals surface area contributed by atoms with Crippen molar-refractivity contribution < 1.29 is 40.6 Å². The predicted molar refractivity (Wildman–Crippen MR) is 125 cm³/mol. The summed E-state index contributed by atoms with van der Waals surface area (Å²) in [6.45, 7) is 0. The number of rotatable bonds is 6. The number of ether oxygens (including phenoxy) is 3. The number of hydrogen-bond donors (Lipinski definition) is 0. The topological polar surface area (TPSA) is 82.1 Å². The summed E-state index contributed by atoms with van der Waals surface area (Å²) in [5, 5.41) is 0.145. The van der Waals surface area contributed by atoms with E-state index in [4.69, 9.17) is 32.7 Å². The van der Waals surface area contributed by atoms with Crippen LogP contribution >= 0.6 is 23.2 Å². The van der Waals surface area contributed by atoms with E-state index in [1.54, 1.807) is 12.1 Å². The summed E-state index contributed by atoms with van der Waals surface area (Å²) in [5.74, 6) is -2.18. The van der Waals surface area contributed by atoms with Gasteiger partial charge in [0.15, 0.2) is 10.6 Å². The number of carbonyl (C=O) groups is 1. The lowest BCUT2D eigenvalue weighted by atomic mass is 9.91. The fourth-order valence-corrected chi connectivity index (χ4v) is 6.06. The Kier molecular flexibility index (Phi) is 6.52. The van der Waals surface area contributed by atoms with E-state index in [1.165, 1.54) is 44.6 Å². The molecule has 0 aliphatic carbocycles. The lowest BCUT2D eigenvalue weighted by Gasteiger charge is -2.25. The number of para-hydroxylation sites is 1. The number of halogens is 5. The maximum Gasteiger partial charge on any atom is 0.573 e. The maximum absolute atomic E-state index is 13.8. The van der Waals surface area contributed by atoms with Crippen LogP contribution in [0.3, 0.4) is 0 Å². The summed E-state index contributed by atoms with van der Waals surface area (Å²) >= 11 is 13.0. The average molecular weight is 562 g/mol. The molecule has 0 aromatic heterocycles. The van der Waals surface area contributed by atoms with E-state index in [0.29, 0.717) is 4.31 Å². The number of alkyl halides is 4. The van der Waals surface area contributed by atoms with Crippen LogP contribution in [-0.2, 0) is 19.7 Å². The molecule has 0 saturated carbocycles. The molecule has 0 radical (unpaired) electrons. The highest BCUT2D eigenvalue weighted by atomic mass is 35.5. The first kappa shape index (κ1) is 25.9. The van der Waals surface area contributed by atoms with Gasteiger partial charge in [0.05, 0.1) is 19.9 Å². The van der Waals surface area contributed by atoms with E-state index in [1.807, 2.05) is 0 Å². The van der Waals surface area contributed by atoms with Gasteiger partial charge in [-0.15, -0.1) is 13.2 Å². The number of nitrogens with zero attached hydrogens (tertiary/aromatic N) is 1. The van der Waals surface area contributed by atoms with Gasteiger partial charge < -0.3 is 14.2 Å². The zero-order chi connectivity index (χ0) is 26.5. The summed E-state index contributed by atoms with van der Waals surface area (Å²) in [5.41, 5.74) is -0.0810. The van der Waals surface area contributed by atoms with Crippen LogP contribution in [0.1, 0.15) is 11.1 Å². The summed E-state index contributed by atoms with van der Waals surface area (Å²) in [7, 11) is -2.49. The van der Waals surface area contributed by atoms with Gasteiger partial charge in [0.2, 0.25) is 0 Å². The minimum absolute atomic E-state index is 0.00143. The molecule has 0 fully saturated rings. The van der Waals surface area contributed by atoms with Gasteiger partial charge in [-0.25, -0.2) is 12.7 Å². The Hall–Kier alpha value is -3.15. The van der Waals surface area contributed by atoms with E-state index in [2.05, 4.69) is 4.74 Å². The van der Waals surface area contributed by atoms with Crippen molar-refractivity contribution in [3.05, 3.63) is 76.8 Å². The lowest BCUT2D eigenvalue weighted by Crippen LogP contribution is -2.41. The molecule has 13 heteroatoms. The van der Waals surface area contributed by atoms with Gasteiger partial charge >= 0.3 is 6.36 Å². The van der Waals surface area contributed by atoms with E-state index in [9.17, 15) is 26.4 Å². The third-order valence-corrected chi connectivity index (χ3v) is 7.94. The van der Waals surface area contributed by atoms with Gasteiger partial charge in [0.25, 0.3) is 15.9 Å². The summed E-state index contributed by atoms with van der Waals surface area (Å²) in [6.07, 6.45) is -5.23. The van der Waals surface area contributed by atoms with Crippen molar-refractivity contribution in [1.29, 1.82) is 0 Å². The molecule has 1 aliphatic rings. The molecule has 1 atom stereocenters. The van der Waals surface area contributed by atoms with Crippen LogP contribution in [0.2, 0.25) is 5.02 Å². The normalized spacial score (nSPS) is 17.6. The number of carbonyl (C=O) groups excluding carboxylic acids is 1. The van der Waals surface area contributed by atoms with Crippen molar-refractivity contribution in [1.82, 2.24) is 0 Å². The Labute approximate surface area is 213 Å².